The molecule has 3 aromatic heterocycles. The summed E-state index contributed by atoms with van der Waals surface area (Å²) in [7, 11) is 0. The Morgan fingerprint density at radius 3 is 2.76 bits per heavy atom. The van der Waals surface area contributed by atoms with Crippen LogP contribution in [0.1, 0.15) is 19.9 Å². The number of hydrogen-bond donors (Lipinski definition) is 1. The number of pyridine rings is 1. The number of carbonyl (C=O) groups is 1. The lowest BCUT2D eigenvalue weighted by Gasteiger charge is -2.22. The van der Waals surface area contributed by atoms with Gasteiger partial charge in [-0.25, -0.2) is 18.7 Å². The molecule has 4 rings (SSSR count). The van der Waals surface area contributed by atoms with Crippen LogP contribution in [0.5, 0.6) is 0 Å². The van der Waals surface area contributed by atoms with Crippen LogP contribution in [0.15, 0.2) is 48.4 Å². The topological polar surface area (TPSA) is 72.7 Å². The molecule has 9 heteroatoms. The molecule has 1 atom stereocenters. The number of rotatable bonds is 5. The second-order valence-corrected chi connectivity index (χ2v) is 7.72. The van der Waals surface area contributed by atoms with Crippen molar-refractivity contribution in [3.8, 4) is 11.3 Å². The Balaban J connectivity index is 1.62. The average molecular weight is 413 g/mol. The molecule has 1 aromatic carbocycles. The molecule has 29 heavy (non-hydrogen) atoms. The Hall–Kier alpha value is -3.20. The largest absolute Gasteiger partial charge is 0.318 e. The highest BCUT2D eigenvalue weighted by Crippen LogP contribution is 2.29. The van der Waals surface area contributed by atoms with E-state index in [2.05, 4.69) is 20.3 Å². The van der Waals surface area contributed by atoms with Crippen LogP contribution in [0.25, 0.3) is 22.3 Å². The average Bonchev–Trinajstić information content (AvgIpc) is 3.31. The van der Waals surface area contributed by atoms with Crippen molar-refractivity contribution in [2.75, 3.05) is 5.32 Å². The van der Waals surface area contributed by atoms with E-state index in [9.17, 15) is 13.6 Å². The van der Waals surface area contributed by atoms with E-state index in [-0.39, 0.29) is 17.3 Å². The zero-order valence-electron chi connectivity index (χ0n) is 15.6. The molecule has 0 spiro atoms. The first kappa shape index (κ1) is 19.1. The Kier molecular flexibility index (Phi) is 5.06. The van der Waals surface area contributed by atoms with Gasteiger partial charge in [0.25, 0.3) is 0 Å². The fraction of sp³-hybridized carbons (Fsp3) is 0.200. The van der Waals surface area contributed by atoms with E-state index >= 15 is 0 Å². The van der Waals surface area contributed by atoms with Crippen molar-refractivity contribution in [3.05, 3.63) is 60.0 Å². The van der Waals surface area contributed by atoms with Crippen molar-refractivity contribution in [2.24, 2.45) is 5.92 Å². The summed E-state index contributed by atoms with van der Waals surface area (Å²) in [6.07, 6.45) is 4.80. The van der Waals surface area contributed by atoms with Crippen LogP contribution in [-0.2, 0) is 4.79 Å². The van der Waals surface area contributed by atoms with Gasteiger partial charge in [-0.2, -0.15) is 0 Å². The molecule has 0 aliphatic rings. The zero-order valence-corrected chi connectivity index (χ0v) is 16.5. The maximum absolute atomic E-state index is 13.8. The number of carbonyl (C=O) groups excluding carboxylic acids is 1. The van der Waals surface area contributed by atoms with Gasteiger partial charge in [0.15, 0.2) is 16.8 Å². The molecular formula is C20H17F2N5OS. The van der Waals surface area contributed by atoms with E-state index in [4.69, 9.17) is 0 Å². The number of nitrogens with one attached hydrogen (secondary N) is 1. The normalized spacial score (nSPS) is 12.4. The van der Waals surface area contributed by atoms with Crippen LogP contribution < -0.4 is 5.32 Å². The summed E-state index contributed by atoms with van der Waals surface area (Å²) >= 11 is 1.30. The van der Waals surface area contributed by atoms with Crippen LogP contribution >= 0.6 is 11.3 Å². The number of fused-ring (bicyclic) bond motifs is 1. The van der Waals surface area contributed by atoms with Gasteiger partial charge in [-0.1, -0.05) is 13.8 Å². The molecule has 0 aliphatic carbocycles. The number of anilines is 1. The Labute approximate surface area is 169 Å². The maximum Gasteiger partial charge on any atom is 0.249 e. The van der Waals surface area contributed by atoms with Crippen LogP contribution in [0, 0.1) is 17.6 Å². The van der Waals surface area contributed by atoms with Gasteiger partial charge in [-0.15, -0.1) is 11.3 Å². The molecular weight excluding hydrogens is 396 g/mol. The molecule has 148 valence electrons. The van der Waals surface area contributed by atoms with Crippen molar-refractivity contribution >= 4 is 33.4 Å². The number of thiazole rings is 1. The summed E-state index contributed by atoms with van der Waals surface area (Å²) in [5.41, 5.74) is 2.20. The summed E-state index contributed by atoms with van der Waals surface area (Å²) in [5.74, 6) is -2.39. The third-order valence-electron chi connectivity index (χ3n) is 4.51. The van der Waals surface area contributed by atoms with Crippen LogP contribution in [0.2, 0.25) is 0 Å². The Morgan fingerprint density at radius 1 is 1.24 bits per heavy atom. The van der Waals surface area contributed by atoms with Crippen molar-refractivity contribution < 1.29 is 13.6 Å². The predicted molar refractivity (Wildman–Crippen MR) is 107 cm³/mol. The second-order valence-electron chi connectivity index (χ2n) is 6.86. The third-order valence-corrected chi connectivity index (χ3v) is 5.27. The number of nitrogens with zero attached hydrogens (tertiary/aromatic N) is 4. The fourth-order valence-corrected chi connectivity index (χ4v) is 3.87. The first-order valence-electron chi connectivity index (χ1n) is 8.92. The summed E-state index contributed by atoms with van der Waals surface area (Å²) in [6.45, 7) is 3.75. The van der Waals surface area contributed by atoms with Crippen LogP contribution in [-0.4, -0.2) is 25.4 Å². The number of aromatic nitrogens is 4. The van der Waals surface area contributed by atoms with Gasteiger partial charge < -0.3 is 9.88 Å². The maximum atomic E-state index is 13.8. The molecule has 3 heterocycles. The first-order valence-corrected chi connectivity index (χ1v) is 9.80. The smallest absolute Gasteiger partial charge is 0.249 e. The van der Waals surface area contributed by atoms with E-state index in [0.29, 0.717) is 16.3 Å². The number of imidazole rings is 1. The highest BCUT2D eigenvalue weighted by molar-refractivity contribution is 7.14. The highest BCUT2D eigenvalue weighted by atomic mass is 32.1. The molecule has 1 N–H and O–H groups in total. The van der Waals surface area contributed by atoms with E-state index < -0.39 is 17.7 Å². The van der Waals surface area contributed by atoms with Crippen LogP contribution in [0.3, 0.4) is 0 Å². The van der Waals surface area contributed by atoms with Crippen molar-refractivity contribution in [2.45, 2.75) is 19.9 Å². The lowest BCUT2D eigenvalue weighted by atomic mass is 10.0. The van der Waals surface area contributed by atoms with Gasteiger partial charge in [0, 0.05) is 35.5 Å². The van der Waals surface area contributed by atoms with Gasteiger partial charge in [0.05, 0.1) is 23.1 Å². The molecule has 0 bridgehead atoms. The first-order chi connectivity index (χ1) is 13.9. The quantitative estimate of drug-likeness (QED) is 0.516. The molecule has 1 amide bonds. The van der Waals surface area contributed by atoms with E-state index in [1.807, 2.05) is 31.4 Å². The van der Waals surface area contributed by atoms with Gasteiger partial charge in [0.1, 0.15) is 6.04 Å². The lowest BCUT2D eigenvalue weighted by molar-refractivity contribution is -0.120. The molecule has 0 radical (unpaired) electrons. The minimum atomic E-state index is -0.983. The molecule has 0 saturated carbocycles. The van der Waals surface area contributed by atoms with E-state index in [1.54, 1.807) is 17.0 Å². The molecule has 4 aromatic rings. The van der Waals surface area contributed by atoms with Crippen molar-refractivity contribution in [3.63, 3.8) is 0 Å². The van der Waals surface area contributed by atoms with Gasteiger partial charge >= 0.3 is 0 Å². The predicted octanol–water partition coefficient (Wildman–Crippen LogP) is 4.67. The van der Waals surface area contributed by atoms with Crippen molar-refractivity contribution in [1.29, 1.82) is 0 Å². The monoisotopic (exact) mass is 413 g/mol. The molecule has 1 unspecified atom stereocenters. The minimum Gasteiger partial charge on any atom is -0.318 e. The Morgan fingerprint density at radius 2 is 2.03 bits per heavy atom. The van der Waals surface area contributed by atoms with Gasteiger partial charge in [-0.05, 0) is 18.1 Å². The standard InChI is InChI=1S/C20H17F2N5OS/c1-11(2)18(27-10-24-15-6-13(21)14(22)7-17(15)27)19(28)26-20-25-16(9-29-20)12-4-3-5-23-8-12/h3-11,18H,1-2H3,(H,25,26,28). The lowest BCUT2D eigenvalue weighted by Crippen LogP contribution is -2.29. The number of halogens is 2. The molecule has 0 saturated heterocycles. The van der Waals surface area contributed by atoms with E-state index in [0.717, 1.165) is 17.7 Å². The number of hydrogen-bond acceptors (Lipinski definition) is 5. The molecule has 6 nitrogen and oxygen atoms in total. The molecule has 0 fully saturated rings. The number of amides is 1. The summed E-state index contributed by atoms with van der Waals surface area (Å²) in [4.78, 5) is 25.6. The van der Waals surface area contributed by atoms with Gasteiger partial charge in [0.2, 0.25) is 5.91 Å². The summed E-state index contributed by atoms with van der Waals surface area (Å²) in [5, 5.41) is 5.10. The Bertz CT molecular complexity index is 1170. The summed E-state index contributed by atoms with van der Waals surface area (Å²) < 4.78 is 28.8. The van der Waals surface area contributed by atoms with E-state index in [1.165, 1.54) is 17.7 Å². The molecule has 0 aliphatic heterocycles. The minimum absolute atomic E-state index is 0.127. The third kappa shape index (κ3) is 3.73. The van der Waals surface area contributed by atoms with Gasteiger partial charge in [-0.3, -0.25) is 9.78 Å². The second kappa shape index (κ2) is 7.67. The summed E-state index contributed by atoms with van der Waals surface area (Å²) in [6, 6.07) is 5.11. The SMILES string of the molecule is CC(C)C(C(=O)Nc1nc(-c2cccnc2)cs1)n1cnc2cc(F)c(F)cc21. The fourth-order valence-electron chi connectivity index (χ4n) is 3.15. The van der Waals surface area contributed by atoms with Crippen molar-refractivity contribution in [1.82, 2.24) is 19.5 Å². The number of benzene rings is 1. The highest BCUT2D eigenvalue weighted by Gasteiger charge is 2.27. The van der Waals surface area contributed by atoms with Crippen LogP contribution in [0.4, 0.5) is 13.9 Å². The zero-order chi connectivity index (χ0) is 20.5.